The highest BCUT2D eigenvalue weighted by atomic mass is 35.5. The minimum atomic E-state index is -0.510. The number of non-ortho nitro benzene ring substituents is 1. The first-order valence-corrected chi connectivity index (χ1v) is 9.38. The summed E-state index contributed by atoms with van der Waals surface area (Å²) in [7, 11) is 0. The molecule has 2 aromatic rings. The molecule has 0 saturated carbocycles. The number of nitro groups is 1. The van der Waals surface area contributed by atoms with E-state index in [-0.39, 0.29) is 22.5 Å². The number of nitro benzene ring substituents is 1. The summed E-state index contributed by atoms with van der Waals surface area (Å²) in [5.41, 5.74) is 2.57. The van der Waals surface area contributed by atoms with E-state index in [2.05, 4.69) is 37.9 Å². The summed E-state index contributed by atoms with van der Waals surface area (Å²) in [6.45, 7) is 8.25. The van der Waals surface area contributed by atoms with Crippen LogP contribution in [-0.2, 0) is 0 Å². The number of rotatable bonds is 7. The highest BCUT2D eigenvalue weighted by Crippen LogP contribution is 2.40. The monoisotopic (exact) mass is 389 g/mol. The van der Waals surface area contributed by atoms with Gasteiger partial charge in [-0.2, -0.15) is 5.11 Å². The van der Waals surface area contributed by atoms with Gasteiger partial charge in [0, 0.05) is 12.1 Å². The van der Waals surface area contributed by atoms with Crippen molar-refractivity contribution in [3.63, 3.8) is 0 Å². The lowest BCUT2D eigenvalue weighted by molar-refractivity contribution is -0.384. The molecule has 6 nitrogen and oxygen atoms in total. The standard InChI is InChI=1S/C20H24ClN3O3/c1-5-12(3)16-9-14(10-17(20(16)25)13(4)6-2)22-23-19-8-7-15(24(26)27)11-18(19)21/h7-13,25H,5-6H2,1-4H3. The number of azo groups is 1. The smallest absolute Gasteiger partial charge is 0.271 e. The SMILES string of the molecule is CCC(C)c1cc(N=Nc2ccc([N+](=O)[O-])cc2Cl)cc(C(C)CC)c1O. The van der Waals surface area contributed by atoms with Crippen LogP contribution >= 0.6 is 11.6 Å². The van der Waals surface area contributed by atoms with Crippen molar-refractivity contribution >= 4 is 28.7 Å². The number of phenolic OH excluding ortho intramolecular Hbond substituents is 1. The van der Waals surface area contributed by atoms with Crippen molar-refractivity contribution in [3.05, 3.63) is 56.6 Å². The molecule has 0 spiro atoms. The lowest BCUT2D eigenvalue weighted by atomic mass is 9.89. The molecule has 0 aliphatic heterocycles. The molecule has 144 valence electrons. The summed E-state index contributed by atoms with van der Waals surface area (Å²) in [6.07, 6.45) is 1.78. The maximum atomic E-state index is 10.8. The maximum Gasteiger partial charge on any atom is 0.271 e. The lowest BCUT2D eigenvalue weighted by Gasteiger charge is -2.18. The van der Waals surface area contributed by atoms with E-state index in [1.165, 1.54) is 18.2 Å². The summed E-state index contributed by atoms with van der Waals surface area (Å²) < 4.78 is 0. The van der Waals surface area contributed by atoms with Gasteiger partial charge in [0.15, 0.2) is 0 Å². The zero-order valence-electron chi connectivity index (χ0n) is 15.9. The fourth-order valence-corrected chi connectivity index (χ4v) is 2.93. The van der Waals surface area contributed by atoms with Crippen LogP contribution in [0.25, 0.3) is 0 Å². The third-order valence-corrected chi connectivity index (χ3v) is 5.16. The molecule has 0 fully saturated rings. The van der Waals surface area contributed by atoms with Crippen molar-refractivity contribution in [2.24, 2.45) is 10.2 Å². The van der Waals surface area contributed by atoms with Gasteiger partial charge in [-0.25, -0.2) is 0 Å². The molecule has 0 bridgehead atoms. The zero-order valence-corrected chi connectivity index (χ0v) is 16.7. The van der Waals surface area contributed by atoms with E-state index < -0.39 is 4.92 Å². The Balaban J connectivity index is 2.46. The van der Waals surface area contributed by atoms with Crippen LogP contribution in [0.5, 0.6) is 5.75 Å². The molecule has 2 rings (SSSR count). The molecule has 0 aromatic heterocycles. The van der Waals surface area contributed by atoms with Crippen LogP contribution in [0, 0.1) is 10.1 Å². The first kappa shape index (κ1) is 20.8. The zero-order chi connectivity index (χ0) is 20.1. The highest BCUT2D eigenvalue weighted by molar-refractivity contribution is 6.33. The number of nitrogens with zero attached hydrogens (tertiary/aromatic N) is 3. The Morgan fingerprint density at radius 3 is 2.07 bits per heavy atom. The molecule has 0 aliphatic carbocycles. The average Bonchev–Trinajstić information content (AvgIpc) is 2.66. The maximum absolute atomic E-state index is 10.8. The van der Waals surface area contributed by atoms with Crippen molar-refractivity contribution in [3.8, 4) is 5.75 Å². The molecule has 0 saturated heterocycles. The van der Waals surface area contributed by atoms with Crippen LogP contribution in [0.2, 0.25) is 5.02 Å². The molecular weight excluding hydrogens is 366 g/mol. The van der Waals surface area contributed by atoms with Crippen LogP contribution in [0.4, 0.5) is 17.1 Å². The number of aromatic hydroxyl groups is 1. The van der Waals surface area contributed by atoms with Gasteiger partial charge in [0.25, 0.3) is 5.69 Å². The minimum Gasteiger partial charge on any atom is -0.507 e. The molecule has 2 aromatic carbocycles. The predicted octanol–water partition coefficient (Wildman–Crippen LogP) is 7.40. The van der Waals surface area contributed by atoms with Gasteiger partial charge >= 0.3 is 0 Å². The van der Waals surface area contributed by atoms with Gasteiger partial charge in [-0.1, -0.05) is 39.3 Å². The summed E-state index contributed by atoms with van der Waals surface area (Å²) in [5, 5.41) is 30.1. The Labute approximate surface area is 164 Å². The highest BCUT2D eigenvalue weighted by Gasteiger charge is 2.18. The van der Waals surface area contributed by atoms with Gasteiger partial charge in [-0.05, 0) is 54.0 Å². The molecule has 1 N–H and O–H groups in total. The van der Waals surface area contributed by atoms with Gasteiger partial charge in [0.1, 0.15) is 11.4 Å². The summed E-state index contributed by atoms with van der Waals surface area (Å²) in [5.74, 6) is 0.697. The van der Waals surface area contributed by atoms with Crippen molar-refractivity contribution in [2.75, 3.05) is 0 Å². The fourth-order valence-electron chi connectivity index (χ4n) is 2.71. The average molecular weight is 390 g/mol. The molecule has 2 atom stereocenters. The van der Waals surface area contributed by atoms with Crippen LogP contribution in [0.15, 0.2) is 40.6 Å². The molecule has 0 radical (unpaired) electrons. The van der Waals surface area contributed by atoms with Gasteiger partial charge in [-0.15, -0.1) is 5.11 Å². The molecule has 7 heteroatoms. The Hall–Kier alpha value is -2.47. The van der Waals surface area contributed by atoms with E-state index >= 15 is 0 Å². The topological polar surface area (TPSA) is 88.1 Å². The van der Waals surface area contributed by atoms with Crippen LogP contribution < -0.4 is 0 Å². The quantitative estimate of drug-likeness (QED) is 0.304. The Morgan fingerprint density at radius 1 is 1.07 bits per heavy atom. The Kier molecular flexibility index (Phi) is 6.91. The van der Waals surface area contributed by atoms with Crippen LogP contribution in [0.1, 0.15) is 63.5 Å². The van der Waals surface area contributed by atoms with E-state index in [4.69, 9.17) is 11.6 Å². The number of benzene rings is 2. The largest absolute Gasteiger partial charge is 0.507 e. The van der Waals surface area contributed by atoms with Crippen LogP contribution in [-0.4, -0.2) is 10.0 Å². The van der Waals surface area contributed by atoms with E-state index in [0.717, 1.165) is 24.0 Å². The van der Waals surface area contributed by atoms with Gasteiger partial charge in [0.05, 0.1) is 15.6 Å². The summed E-state index contributed by atoms with van der Waals surface area (Å²) in [4.78, 5) is 10.3. The molecule has 2 unspecified atom stereocenters. The third-order valence-electron chi connectivity index (χ3n) is 4.86. The van der Waals surface area contributed by atoms with Crippen molar-refractivity contribution in [1.29, 1.82) is 0 Å². The second kappa shape index (κ2) is 8.95. The molecule has 0 heterocycles. The molecule has 0 amide bonds. The number of hydrogen-bond acceptors (Lipinski definition) is 5. The number of halogens is 1. The normalized spacial score (nSPS) is 13.7. The van der Waals surface area contributed by atoms with Gasteiger partial charge in [-0.3, -0.25) is 10.1 Å². The van der Waals surface area contributed by atoms with E-state index in [1.807, 2.05) is 12.1 Å². The van der Waals surface area contributed by atoms with Gasteiger partial charge in [0.2, 0.25) is 0 Å². The van der Waals surface area contributed by atoms with E-state index in [0.29, 0.717) is 17.1 Å². The van der Waals surface area contributed by atoms with E-state index in [1.54, 1.807) is 0 Å². The lowest BCUT2D eigenvalue weighted by Crippen LogP contribution is -1.98. The predicted molar refractivity (Wildman–Crippen MR) is 108 cm³/mol. The molecule has 0 aliphatic rings. The summed E-state index contributed by atoms with van der Waals surface area (Å²) >= 11 is 6.08. The first-order valence-electron chi connectivity index (χ1n) is 9.00. The van der Waals surface area contributed by atoms with Crippen LogP contribution in [0.3, 0.4) is 0 Å². The van der Waals surface area contributed by atoms with Gasteiger partial charge < -0.3 is 5.11 Å². The minimum absolute atomic E-state index is 0.0957. The summed E-state index contributed by atoms with van der Waals surface area (Å²) in [6, 6.07) is 7.72. The second-order valence-electron chi connectivity index (χ2n) is 6.68. The third kappa shape index (κ3) is 4.83. The first-order chi connectivity index (χ1) is 12.8. The number of phenols is 1. The van der Waals surface area contributed by atoms with Crippen molar-refractivity contribution in [2.45, 2.75) is 52.4 Å². The number of hydrogen-bond donors (Lipinski definition) is 1. The molecule has 27 heavy (non-hydrogen) atoms. The van der Waals surface area contributed by atoms with Crippen molar-refractivity contribution in [1.82, 2.24) is 0 Å². The Morgan fingerprint density at radius 2 is 1.63 bits per heavy atom. The molecular formula is C20H24ClN3O3. The fraction of sp³-hybridized carbons (Fsp3) is 0.400. The second-order valence-corrected chi connectivity index (χ2v) is 7.09. The van der Waals surface area contributed by atoms with E-state index in [9.17, 15) is 15.2 Å². The van der Waals surface area contributed by atoms with Crippen molar-refractivity contribution < 1.29 is 10.0 Å². The Bertz CT molecular complexity index is 837.